The van der Waals surface area contributed by atoms with Crippen molar-refractivity contribution in [1.82, 2.24) is 15.1 Å². The lowest BCUT2D eigenvalue weighted by Gasteiger charge is -2.25. The molecule has 1 N–H and O–H groups in total. The Bertz CT molecular complexity index is 396. The summed E-state index contributed by atoms with van der Waals surface area (Å²) >= 11 is 0. The highest BCUT2D eigenvalue weighted by Gasteiger charge is 2.26. The first kappa shape index (κ1) is 12.2. The normalized spacial score (nSPS) is 24.4. The van der Waals surface area contributed by atoms with E-state index in [1.54, 1.807) is 7.11 Å². The summed E-state index contributed by atoms with van der Waals surface area (Å²) in [7, 11) is 1.78. The lowest BCUT2D eigenvalue weighted by molar-refractivity contribution is 0.170. The van der Waals surface area contributed by atoms with Gasteiger partial charge in [0.25, 0.3) is 0 Å². The van der Waals surface area contributed by atoms with Gasteiger partial charge >= 0.3 is 0 Å². The molecule has 4 heteroatoms. The van der Waals surface area contributed by atoms with Crippen LogP contribution in [0, 0.1) is 5.92 Å². The standard InChI is InChI=1S/C14H23N3O/c1-18-10-13-7-15-6-12-8-16-17(14(12)13)9-11-4-2-3-5-11/h8,11,13,15H,2-7,9-10H2,1H3. The molecule has 2 heterocycles. The third-order valence-corrected chi connectivity index (χ3v) is 4.33. The third kappa shape index (κ3) is 2.31. The van der Waals surface area contributed by atoms with E-state index < -0.39 is 0 Å². The van der Waals surface area contributed by atoms with Gasteiger partial charge in [-0.2, -0.15) is 5.10 Å². The Balaban J connectivity index is 1.79. The van der Waals surface area contributed by atoms with Gasteiger partial charge < -0.3 is 10.1 Å². The smallest absolute Gasteiger partial charge is 0.0558 e. The molecule has 1 aromatic heterocycles. The number of aromatic nitrogens is 2. The monoisotopic (exact) mass is 249 g/mol. The van der Waals surface area contributed by atoms with Gasteiger partial charge in [-0.05, 0) is 18.8 Å². The maximum Gasteiger partial charge on any atom is 0.0558 e. The van der Waals surface area contributed by atoms with E-state index >= 15 is 0 Å². The Morgan fingerprint density at radius 2 is 2.28 bits per heavy atom. The zero-order chi connectivity index (χ0) is 12.4. The first-order chi connectivity index (χ1) is 8.88. The molecule has 4 nitrogen and oxygen atoms in total. The molecule has 1 aromatic rings. The lowest BCUT2D eigenvalue weighted by atomic mass is 9.98. The summed E-state index contributed by atoms with van der Waals surface area (Å²) in [5.41, 5.74) is 2.78. The van der Waals surface area contributed by atoms with E-state index in [0.717, 1.165) is 32.2 Å². The molecular formula is C14H23N3O. The van der Waals surface area contributed by atoms with Crippen molar-refractivity contribution in [2.24, 2.45) is 5.92 Å². The van der Waals surface area contributed by atoms with Crippen molar-refractivity contribution in [1.29, 1.82) is 0 Å². The quantitative estimate of drug-likeness (QED) is 0.886. The van der Waals surface area contributed by atoms with Crippen LogP contribution in [-0.2, 0) is 17.8 Å². The number of hydrogen-bond donors (Lipinski definition) is 1. The van der Waals surface area contributed by atoms with E-state index in [-0.39, 0.29) is 0 Å². The fourth-order valence-electron chi connectivity index (χ4n) is 3.44. The summed E-state index contributed by atoms with van der Waals surface area (Å²) in [6.07, 6.45) is 7.59. The van der Waals surface area contributed by atoms with Crippen LogP contribution < -0.4 is 5.32 Å². The van der Waals surface area contributed by atoms with Gasteiger partial charge in [-0.3, -0.25) is 4.68 Å². The van der Waals surface area contributed by atoms with Crippen molar-refractivity contribution >= 4 is 0 Å². The minimum atomic E-state index is 0.461. The molecule has 3 rings (SSSR count). The van der Waals surface area contributed by atoms with Crippen molar-refractivity contribution < 1.29 is 4.74 Å². The fourth-order valence-corrected chi connectivity index (χ4v) is 3.44. The van der Waals surface area contributed by atoms with Crippen molar-refractivity contribution in [3.8, 4) is 0 Å². The minimum Gasteiger partial charge on any atom is -0.384 e. The molecule has 1 atom stereocenters. The van der Waals surface area contributed by atoms with E-state index in [2.05, 4.69) is 15.1 Å². The SMILES string of the molecule is COCC1CNCc2cnn(CC3CCCC3)c21. The Morgan fingerprint density at radius 3 is 3.06 bits per heavy atom. The highest BCUT2D eigenvalue weighted by Crippen LogP contribution is 2.29. The summed E-state index contributed by atoms with van der Waals surface area (Å²) in [4.78, 5) is 0. The molecule has 0 radical (unpaired) electrons. The second-order valence-electron chi connectivity index (χ2n) is 5.67. The van der Waals surface area contributed by atoms with Crippen molar-refractivity contribution in [2.75, 3.05) is 20.3 Å². The van der Waals surface area contributed by atoms with Gasteiger partial charge in [0.1, 0.15) is 0 Å². The van der Waals surface area contributed by atoms with E-state index in [9.17, 15) is 0 Å². The average Bonchev–Trinajstić information content (AvgIpc) is 3.01. The van der Waals surface area contributed by atoms with Crippen molar-refractivity contribution in [2.45, 2.75) is 44.7 Å². The summed E-state index contributed by atoms with van der Waals surface area (Å²) in [5, 5.41) is 8.06. The van der Waals surface area contributed by atoms with E-state index in [0.29, 0.717) is 5.92 Å². The number of nitrogens with zero attached hydrogens (tertiary/aromatic N) is 2. The number of ether oxygens (including phenoxy) is 1. The molecule has 0 aromatic carbocycles. The third-order valence-electron chi connectivity index (χ3n) is 4.33. The van der Waals surface area contributed by atoms with Crippen molar-refractivity contribution in [3.05, 3.63) is 17.5 Å². The van der Waals surface area contributed by atoms with Gasteiger partial charge in [0.2, 0.25) is 0 Å². The Morgan fingerprint density at radius 1 is 1.44 bits per heavy atom. The summed E-state index contributed by atoms with van der Waals surface area (Å²) < 4.78 is 7.61. The maximum atomic E-state index is 5.35. The van der Waals surface area contributed by atoms with Gasteiger partial charge in [-0.1, -0.05) is 12.8 Å². The van der Waals surface area contributed by atoms with Gasteiger partial charge in [-0.25, -0.2) is 0 Å². The second kappa shape index (κ2) is 5.41. The van der Waals surface area contributed by atoms with Crippen LogP contribution in [0.4, 0.5) is 0 Å². The molecule has 1 aliphatic carbocycles. The molecule has 0 saturated heterocycles. The number of nitrogens with one attached hydrogen (secondary N) is 1. The van der Waals surface area contributed by atoms with E-state index in [4.69, 9.17) is 4.74 Å². The first-order valence-corrected chi connectivity index (χ1v) is 7.12. The van der Waals surface area contributed by atoms with Crippen LogP contribution in [0.5, 0.6) is 0 Å². The van der Waals surface area contributed by atoms with Gasteiger partial charge in [0, 0.05) is 43.9 Å². The highest BCUT2D eigenvalue weighted by molar-refractivity contribution is 5.25. The maximum absolute atomic E-state index is 5.35. The van der Waals surface area contributed by atoms with Crippen LogP contribution >= 0.6 is 0 Å². The summed E-state index contributed by atoms with van der Waals surface area (Å²) in [6.45, 7) is 3.86. The fraction of sp³-hybridized carbons (Fsp3) is 0.786. The lowest BCUT2D eigenvalue weighted by Crippen LogP contribution is -2.32. The van der Waals surface area contributed by atoms with Crippen LogP contribution in [-0.4, -0.2) is 30.0 Å². The number of hydrogen-bond acceptors (Lipinski definition) is 3. The first-order valence-electron chi connectivity index (χ1n) is 7.12. The molecule has 0 spiro atoms. The van der Waals surface area contributed by atoms with E-state index in [1.165, 1.54) is 36.9 Å². The largest absolute Gasteiger partial charge is 0.384 e. The van der Waals surface area contributed by atoms with Crippen LogP contribution in [0.25, 0.3) is 0 Å². The minimum absolute atomic E-state index is 0.461. The molecule has 1 unspecified atom stereocenters. The zero-order valence-electron chi connectivity index (χ0n) is 11.2. The molecule has 1 aliphatic heterocycles. The number of rotatable bonds is 4. The molecule has 1 fully saturated rings. The molecule has 1 saturated carbocycles. The van der Waals surface area contributed by atoms with Gasteiger partial charge in [0.15, 0.2) is 0 Å². The number of fused-ring (bicyclic) bond motifs is 1. The molecule has 0 amide bonds. The topological polar surface area (TPSA) is 39.1 Å². The van der Waals surface area contributed by atoms with Crippen LogP contribution in [0.2, 0.25) is 0 Å². The van der Waals surface area contributed by atoms with Crippen LogP contribution in [0.15, 0.2) is 6.20 Å². The van der Waals surface area contributed by atoms with Crippen molar-refractivity contribution in [3.63, 3.8) is 0 Å². The molecule has 0 bridgehead atoms. The van der Waals surface area contributed by atoms with E-state index in [1.807, 2.05) is 6.20 Å². The molecule has 100 valence electrons. The van der Waals surface area contributed by atoms with Gasteiger partial charge in [-0.15, -0.1) is 0 Å². The summed E-state index contributed by atoms with van der Waals surface area (Å²) in [5.74, 6) is 1.30. The highest BCUT2D eigenvalue weighted by atomic mass is 16.5. The Kier molecular flexibility index (Phi) is 3.66. The molecule has 2 aliphatic rings. The van der Waals surface area contributed by atoms with Gasteiger partial charge in [0.05, 0.1) is 12.8 Å². The number of methoxy groups -OCH3 is 1. The summed E-state index contributed by atoms with van der Waals surface area (Å²) in [6, 6.07) is 0. The zero-order valence-corrected chi connectivity index (χ0v) is 11.2. The predicted octanol–water partition coefficient (Wildman–Crippen LogP) is 1.91. The Labute approximate surface area is 109 Å². The van der Waals surface area contributed by atoms with Crippen LogP contribution in [0.3, 0.4) is 0 Å². The van der Waals surface area contributed by atoms with Crippen LogP contribution in [0.1, 0.15) is 42.9 Å². The average molecular weight is 249 g/mol. The Hall–Kier alpha value is -0.870. The molecule has 18 heavy (non-hydrogen) atoms. The molecular weight excluding hydrogens is 226 g/mol. The predicted molar refractivity (Wildman–Crippen MR) is 70.5 cm³/mol. The second-order valence-corrected chi connectivity index (χ2v) is 5.67.